The first-order chi connectivity index (χ1) is 10.1. The van der Waals surface area contributed by atoms with Crippen molar-refractivity contribution in [3.05, 3.63) is 24.3 Å². The molecular formula is C13H16N4O3S. The third-order valence-electron chi connectivity index (χ3n) is 2.60. The molecule has 0 aliphatic heterocycles. The largest absolute Gasteiger partial charge is 0.508 e. The summed E-state index contributed by atoms with van der Waals surface area (Å²) in [6.45, 7) is 4.07. The van der Waals surface area contributed by atoms with Gasteiger partial charge in [-0.05, 0) is 41.6 Å². The normalized spacial score (nSPS) is 12.1. The van der Waals surface area contributed by atoms with Crippen molar-refractivity contribution in [2.75, 3.05) is 6.61 Å². The number of aromatic hydroxyl groups is 1. The summed E-state index contributed by atoms with van der Waals surface area (Å²) in [5.74, 6) is -0.0575. The molecule has 1 heterocycles. The Morgan fingerprint density at radius 3 is 2.81 bits per heavy atom. The van der Waals surface area contributed by atoms with Crippen molar-refractivity contribution in [2.24, 2.45) is 0 Å². The summed E-state index contributed by atoms with van der Waals surface area (Å²) in [5, 5.41) is 21.4. The first-order valence-corrected chi connectivity index (χ1v) is 7.38. The lowest BCUT2D eigenvalue weighted by molar-refractivity contribution is -0.142. The smallest absolute Gasteiger partial charge is 0.306 e. The van der Waals surface area contributed by atoms with Crippen molar-refractivity contribution in [3.8, 4) is 11.4 Å². The molecule has 2 aromatic rings. The van der Waals surface area contributed by atoms with E-state index in [1.54, 1.807) is 35.9 Å². The van der Waals surface area contributed by atoms with E-state index in [9.17, 15) is 9.90 Å². The topological polar surface area (TPSA) is 90.1 Å². The first-order valence-electron chi connectivity index (χ1n) is 6.50. The Balaban J connectivity index is 2.06. The van der Waals surface area contributed by atoms with Crippen LogP contribution in [0.3, 0.4) is 0 Å². The summed E-state index contributed by atoms with van der Waals surface area (Å²) in [7, 11) is 0. The van der Waals surface area contributed by atoms with Crippen LogP contribution in [0.2, 0.25) is 0 Å². The van der Waals surface area contributed by atoms with Gasteiger partial charge in [-0.2, -0.15) is 4.68 Å². The summed E-state index contributed by atoms with van der Waals surface area (Å²) in [6.07, 6.45) is 0.293. The Hall–Kier alpha value is -2.09. The van der Waals surface area contributed by atoms with Crippen molar-refractivity contribution in [2.45, 2.75) is 30.7 Å². The highest BCUT2D eigenvalue weighted by molar-refractivity contribution is 7.99. The molecule has 1 aromatic carbocycles. The second-order valence-corrected chi connectivity index (χ2v) is 5.73. The molecule has 7 nitrogen and oxygen atoms in total. The molecule has 21 heavy (non-hydrogen) atoms. The zero-order chi connectivity index (χ0) is 15.2. The predicted molar refractivity (Wildman–Crippen MR) is 77.4 cm³/mol. The SMILES string of the molecule is CCOC(=O)CC(C)Sc1nnnn1-c1ccc(O)cc1. The van der Waals surface area contributed by atoms with Gasteiger partial charge in [0, 0.05) is 5.25 Å². The van der Waals surface area contributed by atoms with Gasteiger partial charge in [-0.1, -0.05) is 18.7 Å². The number of ether oxygens (including phenoxy) is 1. The maximum absolute atomic E-state index is 11.5. The lowest BCUT2D eigenvalue weighted by Crippen LogP contribution is -2.11. The number of esters is 1. The maximum atomic E-state index is 11.5. The van der Waals surface area contributed by atoms with Crippen LogP contribution in [-0.2, 0) is 9.53 Å². The number of rotatable bonds is 6. The van der Waals surface area contributed by atoms with Gasteiger partial charge in [-0.25, -0.2) is 0 Å². The van der Waals surface area contributed by atoms with Crippen LogP contribution >= 0.6 is 11.8 Å². The van der Waals surface area contributed by atoms with Gasteiger partial charge >= 0.3 is 5.97 Å². The summed E-state index contributed by atoms with van der Waals surface area (Å²) in [4.78, 5) is 11.5. The third kappa shape index (κ3) is 4.19. The number of tetrazole rings is 1. The van der Waals surface area contributed by atoms with E-state index in [2.05, 4.69) is 15.5 Å². The number of phenols is 1. The van der Waals surface area contributed by atoms with Gasteiger partial charge < -0.3 is 9.84 Å². The quantitative estimate of drug-likeness (QED) is 0.642. The minimum atomic E-state index is -0.235. The van der Waals surface area contributed by atoms with Gasteiger partial charge in [0.2, 0.25) is 5.16 Å². The van der Waals surface area contributed by atoms with Crippen LogP contribution in [-0.4, -0.2) is 43.1 Å². The van der Waals surface area contributed by atoms with Crippen molar-refractivity contribution in [1.29, 1.82) is 0 Å². The predicted octanol–water partition coefficient (Wildman–Crippen LogP) is 1.80. The minimum absolute atomic E-state index is 0.00841. The second-order valence-electron chi connectivity index (χ2n) is 4.33. The van der Waals surface area contributed by atoms with Crippen LogP contribution in [0.5, 0.6) is 5.75 Å². The summed E-state index contributed by atoms with van der Waals surface area (Å²) in [5.41, 5.74) is 0.739. The van der Waals surface area contributed by atoms with E-state index < -0.39 is 0 Å². The number of aromatic nitrogens is 4. The number of benzene rings is 1. The molecule has 8 heteroatoms. The van der Waals surface area contributed by atoms with Gasteiger partial charge in [0.15, 0.2) is 0 Å². The summed E-state index contributed by atoms with van der Waals surface area (Å²) < 4.78 is 6.48. The van der Waals surface area contributed by atoms with Gasteiger partial charge in [0.05, 0.1) is 18.7 Å². The number of thioether (sulfide) groups is 1. The zero-order valence-electron chi connectivity index (χ0n) is 11.8. The van der Waals surface area contributed by atoms with E-state index in [1.807, 2.05) is 6.92 Å². The summed E-state index contributed by atoms with van der Waals surface area (Å²) >= 11 is 1.39. The highest BCUT2D eigenvalue weighted by atomic mass is 32.2. The van der Waals surface area contributed by atoms with E-state index in [-0.39, 0.29) is 17.0 Å². The fourth-order valence-corrected chi connectivity index (χ4v) is 2.59. The van der Waals surface area contributed by atoms with Crippen LogP contribution < -0.4 is 0 Å². The molecule has 0 spiro atoms. The number of carbonyl (C=O) groups excluding carboxylic acids is 1. The van der Waals surface area contributed by atoms with E-state index in [0.717, 1.165) is 5.69 Å². The van der Waals surface area contributed by atoms with E-state index in [0.29, 0.717) is 18.2 Å². The van der Waals surface area contributed by atoms with Crippen molar-refractivity contribution < 1.29 is 14.6 Å². The van der Waals surface area contributed by atoms with Gasteiger partial charge in [-0.3, -0.25) is 4.79 Å². The molecule has 0 amide bonds. The Morgan fingerprint density at radius 1 is 1.43 bits per heavy atom. The Morgan fingerprint density at radius 2 is 2.14 bits per heavy atom. The first kappa shape index (κ1) is 15.3. The molecule has 0 bridgehead atoms. The molecule has 1 N–H and O–H groups in total. The lowest BCUT2D eigenvalue weighted by Gasteiger charge is -2.10. The highest BCUT2D eigenvalue weighted by Crippen LogP contribution is 2.25. The number of nitrogens with zero attached hydrogens (tertiary/aromatic N) is 4. The molecule has 0 radical (unpaired) electrons. The molecule has 0 saturated heterocycles. The zero-order valence-corrected chi connectivity index (χ0v) is 12.6. The molecule has 112 valence electrons. The fourth-order valence-electron chi connectivity index (χ4n) is 1.68. The van der Waals surface area contributed by atoms with E-state index in [1.165, 1.54) is 11.8 Å². The average Bonchev–Trinajstić information content (AvgIpc) is 2.87. The molecule has 0 aliphatic carbocycles. The van der Waals surface area contributed by atoms with Crippen LogP contribution in [0.15, 0.2) is 29.4 Å². The fraction of sp³-hybridized carbons (Fsp3) is 0.385. The average molecular weight is 308 g/mol. The van der Waals surface area contributed by atoms with Crippen LogP contribution in [0, 0.1) is 0 Å². The Bertz CT molecular complexity index is 600. The number of phenolic OH excluding ortho intramolecular Hbond substituents is 1. The van der Waals surface area contributed by atoms with Crippen LogP contribution in [0.4, 0.5) is 0 Å². The molecule has 0 saturated carbocycles. The molecule has 0 fully saturated rings. The van der Waals surface area contributed by atoms with Crippen molar-refractivity contribution in [3.63, 3.8) is 0 Å². The summed E-state index contributed by atoms with van der Waals surface area (Å²) in [6, 6.07) is 6.55. The standard InChI is InChI=1S/C13H16N4O3S/c1-3-20-12(19)8-9(2)21-13-14-15-16-17(13)10-4-6-11(18)7-5-10/h4-7,9,18H,3,8H2,1-2H3. The van der Waals surface area contributed by atoms with E-state index in [4.69, 9.17) is 4.74 Å². The van der Waals surface area contributed by atoms with Crippen LogP contribution in [0.25, 0.3) is 5.69 Å². The molecule has 1 aromatic heterocycles. The monoisotopic (exact) mass is 308 g/mol. The van der Waals surface area contributed by atoms with Gasteiger partial charge in [0.1, 0.15) is 5.75 Å². The molecule has 1 atom stereocenters. The number of carbonyl (C=O) groups is 1. The molecule has 0 aliphatic rings. The molecular weight excluding hydrogens is 292 g/mol. The molecule has 1 unspecified atom stereocenters. The van der Waals surface area contributed by atoms with Gasteiger partial charge in [-0.15, -0.1) is 5.10 Å². The maximum Gasteiger partial charge on any atom is 0.306 e. The Labute approximate surface area is 126 Å². The van der Waals surface area contributed by atoms with Crippen molar-refractivity contribution >= 4 is 17.7 Å². The highest BCUT2D eigenvalue weighted by Gasteiger charge is 2.16. The van der Waals surface area contributed by atoms with Gasteiger partial charge in [0.25, 0.3) is 0 Å². The minimum Gasteiger partial charge on any atom is -0.508 e. The second kappa shape index (κ2) is 7.07. The number of hydrogen-bond acceptors (Lipinski definition) is 7. The molecule has 2 rings (SSSR count). The van der Waals surface area contributed by atoms with Crippen LogP contribution in [0.1, 0.15) is 20.3 Å². The Kier molecular flexibility index (Phi) is 5.15. The number of hydrogen-bond donors (Lipinski definition) is 1. The lowest BCUT2D eigenvalue weighted by atomic mass is 10.3. The van der Waals surface area contributed by atoms with E-state index >= 15 is 0 Å². The third-order valence-corrected chi connectivity index (χ3v) is 3.64. The van der Waals surface area contributed by atoms with Crippen molar-refractivity contribution in [1.82, 2.24) is 20.2 Å².